The van der Waals surface area contributed by atoms with Crippen molar-refractivity contribution in [3.63, 3.8) is 0 Å². The van der Waals surface area contributed by atoms with Gasteiger partial charge in [0.25, 0.3) is 0 Å². The molecule has 1 aliphatic rings. The first kappa shape index (κ1) is 13.4. The van der Waals surface area contributed by atoms with Crippen molar-refractivity contribution < 1.29 is 0 Å². The first-order valence-electron chi connectivity index (χ1n) is 6.75. The van der Waals surface area contributed by atoms with Crippen molar-refractivity contribution in [2.75, 3.05) is 0 Å². The van der Waals surface area contributed by atoms with Gasteiger partial charge in [0.2, 0.25) is 0 Å². The van der Waals surface area contributed by atoms with Crippen molar-refractivity contribution in [2.24, 2.45) is 5.92 Å². The van der Waals surface area contributed by atoms with Crippen LogP contribution < -0.4 is 0 Å². The molecule has 3 atom stereocenters. The lowest BCUT2D eigenvalue weighted by Crippen LogP contribution is -2.15. The smallest absolute Gasteiger partial charge is 0.160 e. The third kappa shape index (κ3) is 2.29. The van der Waals surface area contributed by atoms with Crippen LogP contribution in [0.4, 0.5) is 0 Å². The van der Waals surface area contributed by atoms with Gasteiger partial charge < -0.3 is 4.57 Å². The van der Waals surface area contributed by atoms with Crippen LogP contribution in [0.15, 0.2) is 16.7 Å². The molecule has 0 saturated heterocycles. The highest BCUT2D eigenvalue weighted by Gasteiger charge is 2.30. The lowest BCUT2D eigenvalue weighted by molar-refractivity contribution is 0.403. The van der Waals surface area contributed by atoms with E-state index >= 15 is 0 Å². The summed E-state index contributed by atoms with van der Waals surface area (Å²) in [5.74, 6) is 1.61. The van der Waals surface area contributed by atoms with Crippen LogP contribution in [0.5, 0.6) is 0 Å². The number of nitrogens with zero attached hydrogens (tertiary/aromatic N) is 3. The van der Waals surface area contributed by atoms with E-state index in [2.05, 4.69) is 32.4 Å². The first-order valence-corrected chi connectivity index (χ1v) is 7.98. The summed E-state index contributed by atoms with van der Waals surface area (Å²) in [6.45, 7) is 4.29. The molecule has 0 aliphatic heterocycles. The SMILES string of the molecule is CC(Cl)c1nc2cc(Br)cnc2n1C1CCCC1C. The average Bonchev–Trinajstić information content (AvgIpc) is 2.91. The Kier molecular flexibility index (Phi) is 3.56. The van der Waals surface area contributed by atoms with E-state index in [1.165, 1.54) is 19.3 Å². The van der Waals surface area contributed by atoms with Crippen molar-refractivity contribution in [3.8, 4) is 0 Å². The Labute approximate surface area is 126 Å². The summed E-state index contributed by atoms with van der Waals surface area (Å²) in [6.07, 6.45) is 5.58. The lowest BCUT2D eigenvalue weighted by Gasteiger charge is -2.21. The van der Waals surface area contributed by atoms with Gasteiger partial charge in [0.1, 0.15) is 11.3 Å². The average molecular weight is 343 g/mol. The molecule has 3 rings (SSSR count). The molecule has 2 heterocycles. The van der Waals surface area contributed by atoms with E-state index in [9.17, 15) is 0 Å². The molecule has 0 amide bonds. The summed E-state index contributed by atoms with van der Waals surface area (Å²) in [7, 11) is 0. The molecule has 102 valence electrons. The van der Waals surface area contributed by atoms with Gasteiger partial charge in [-0.3, -0.25) is 0 Å². The van der Waals surface area contributed by atoms with E-state index in [0.29, 0.717) is 12.0 Å². The van der Waals surface area contributed by atoms with Crippen LogP contribution in [0.1, 0.15) is 50.4 Å². The molecule has 0 radical (unpaired) electrons. The minimum absolute atomic E-state index is 0.0965. The summed E-state index contributed by atoms with van der Waals surface area (Å²) in [6, 6.07) is 2.50. The van der Waals surface area contributed by atoms with Gasteiger partial charge >= 0.3 is 0 Å². The van der Waals surface area contributed by atoms with Crippen LogP contribution in [0.25, 0.3) is 11.2 Å². The number of hydrogen-bond donors (Lipinski definition) is 0. The molecule has 2 aromatic heterocycles. The highest BCUT2D eigenvalue weighted by molar-refractivity contribution is 9.10. The number of aromatic nitrogens is 3. The number of alkyl halides is 1. The Morgan fingerprint density at radius 2 is 2.26 bits per heavy atom. The predicted octanol–water partition coefficient (Wildman–Crippen LogP) is 4.85. The molecule has 0 N–H and O–H groups in total. The Balaban J connectivity index is 2.22. The van der Waals surface area contributed by atoms with Gasteiger partial charge in [0, 0.05) is 16.7 Å². The molecule has 1 fully saturated rings. The Bertz CT molecular complexity index is 608. The first-order chi connectivity index (χ1) is 9.08. The second-order valence-electron chi connectivity index (χ2n) is 5.43. The van der Waals surface area contributed by atoms with Crippen LogP contribution >= 0.6 is 27.5 Å². The maximum Gasteiger partial charge on any atom is 0.160 e. The van der Waals surface area contributed by atoms with Crippen molar-refractivity contribution in [1.29, 1.82) is 0 Å². The number of hydrogen-bond acceptors (Lipinski definition) is 2. The molecule has 3 unspecified atom stereocenters. The molecule has 5 heteroatoms. The predicted molar refractivity (Wildman–Crippen MR) is 81.5 cm³/mol. The standard InChI is InChI=1S/C14H17BrClN3/c1-8-4-3-5-12(8)19-13(9(2)16)18-11-6-10(15)7-17-14(11)19/h6-9,12H,3-5H2,1-2H3. The van der Waals surface area contributed by atoms with Crippen molar-refractivity contribution >= 4 is 38.7 Å². The zero-order chi connectivity index (χ0) is 13.6. The summed E-state index contributed by atoms with van der Waals surface area (Å²) < 4.78 is 3.23. The number of rotatable bonds is 2. The topological polar surface area (TPSA) is 30.7 Å². The van der Waals surface area contributed by atoms with Crippen LogP contribution in [0, 0.1) is 5.92 Å². The van der Waals surface area contributed by atoms with E-state index in [4.69, 9.17) is 16.6 Å². The third-order valence-corrected chi connectivity index (χ3v) is 4.66. The second kappa shape index (κ2) is 5.06. The largest absolute Gasteiger partial charge is 0.308 e. The number of pyridine rings is 1. The van der Waals surface area contributed by atoms with Crippen LogP contribution in [-0.2, 0) is 0 Å². The monoisotopic (exact) mass is 341 g/mol. The molecule has 1 aliphatic carbocycles. The highest BCUT2D eigenvalue weighted by Crippen LogP contribution is 2.39. The summed E-state index contributed by atoms with van der Waals surface area (Å²) >= 11 is 9.78. The normalized spacial score (nSPS) is 25.1. The third-order valence-electron chi connectivity index (χ3n) is 4.03. The van der Waals surface area contributed by atoms with Gasteiger partial charge in [-0.2, -0.15) is 0 Å². The Morgan fingerprint density at radius 3 is 2.89 bits per heavy atom. The maximum atomic E-state index is 6.32. The molecule has 0 aromatic carbocycles. The van der Waals surface area contributed by atoms with E-state index in [-0.39, 0.29) is 5.38 Å². The van der Waals surface area contributed by atoms with E-state index < -0.39 is 0 Å². The highest BCUT2D eigenvalue weighted by atomic mass is 79.9. The zero-order valence-corrected chi connectivity index (χ0v) is 13.4. The Morgan fingerprint density at radius 1 is 1.47 bits per heavy atom. The van der Waals surface area contributed by atoms with Gasteiger partial charge in [-0.25, -0.2) is 9.97 Å². The van der Waals surface area contributed by atoms with Gasteiger partial charge in [0.05, 0.1) is 5.38 Å². The molecule has 19 heavy (non-hydrogen) atoms. The quantitative estimate of drug-likeness (QED) is 0.730. The van der Waals surface area contributed by atoms with Gasteiger partial charge in [-0.15, -0.1) is 11.6 Å². The number of fused-ring (bicyclic) bond motifs is 1. The second-order valence-corrected chi connectivity index (χ2v) is 7.00. The molecule has 0 spiro atoms. The van der Waals surface area contributed by atoms with E-state index in [0.717, 1.165) is 21.5 Å². The molecule has 1 saturated carbocycles. The van der Waals surface area contributed by atoms with Crippen LogP contribution in [0.2, 0.25) is 0 Å². The number of halogens is 2. The van der Waals surface area contributed by atoms with Gasteiger partial charge in [-0.1, -0.05) is 13.3 Å². The zero-order valence-electron chi connectivity index (χ0n) is 11.1. The number of imidazole rings is 1. The molecular weight excluding hydrogens is 326 g/mol. The fraction of sp³-hybridized carbons (Fsp3) is 0.571. The Hall–Kier alpha value is -0.610. The summed E-state index contributed by atoms with van der Waals surface area (Å²) in [5, 5.41) is -0.0965. The summed E-state index contributed by atoms with van der Waals surface area (Å²) in [4.78, 5) is 9.25. The molecule has 2 aromatic rings. The van der Waals surface area contributed by atoms with Crippen LogP contribution in [-0.4, -0.2) is 14.5 Å². The van der Waals surface area contributed by atoms with E-state index in [1.54, 1.807) is 0 Å². The van der Waals surface area contributed by atoms with E-state index in [1.807, 2.05) is 19.2 Å². The fourth-order valence-corrected chi connectivity index (χ4v) is 3.57. The van der Waals surface area contributed by atoms with Crippen LogP contribution in [0.3, 0.4) is 0 Å². The molecule has 3 nitrogen and oxygen atoms in total. The minimum atomic E-state index is -0.0965. The van der Waals surface area contributed by atoms with Gasteiger partial charge in [-0.05, 0) is 47.7 Å². The van der Waals surface area contributed by atoms with Crippen molar-refractivity contribution in [3.05, 3.63) is 22.6 Å². The minimum Gasteiger partial charge on any atom is -0.308 e. The van der Waals surface area contributed by atoms with Crippen molar-refractivity contribution in [2.45, 2.75) is 44.5 Å². The summed E-state index contributed by atoms with van der Waals surface area (Å²) in [5.41, 5.74) is 1.89. The molecule has 0 bridgehead atoms. The molecular formula is C14H17BrClN3. The van der Waals surface area contributed by atoms with Crippen molar-refractivity contribution in [1.82, 2.24) is 14.5 Å². The van der Waals surface area contributed by atoms with Gasteiger partial charge in [0.15, 0.2) is 5.65 Å². The lowest BCUT2D eigenvalue weighted by atomic mass is 10.1. The maximum absolute atomic E-state index is 6.32. The fourth-order valence-electron chi connectivity index (χ4n) is 3.09.